The average molecular weight is 281 g/mol. The summed E-state index contributed by atoms with van der Waals surface area (Å²) >= 11 is 0. The number of para-hydroxylation sites is 2. The van der Waals surface area contributed by atoms with Gasteiger partial charge in [-0.3, -0.25) is 9.67 Å². The van der Waals surface area contributed by atoms with Crippen molar-refractivity contribution in [2.75, 3.05) is 6.54 Å². The largest absolute Gasteiger partial charge is 0.309 e. The van der Waals surface area contributed by atoms with Crippen LogP contribution in [0.25, 0.3) is 11.0 Å². The predicted octanol–water partition coefficient (Wildman–Crippen LogP) is 2.26. The fourth-order valence-corrected chi connectivity index (χ4v) is 2.48. The summed E-state index contributed by atoms with van der Waals surface area (Å²) in [5, 5.41) is 7.71. The highest BCUT2D eigenvalue weighted by molar-refractivity contribution is 5.73. The van der Waals surface area contributed by atoms with Crippen LogP contribution >= 0.6 is 0 Å². The third-order valence-corrected chi connectivity index (χ3v) is 3.47. The van der Waals surface area contributed by atoms with Crippen molar-refractivity contribution in [1.29, 1.82) is 0 Å². The maximum absolute atomic E-state index is 4.74. The number of hydrogen-bond donors (Lipinski definition) is 1. The molecule has 0 amide bonds. The zero-order chi connectivity index (χ0) is 14.7. The molecule has 2 heterocycles. The number of nitrogens with zero attached hydrogens (tertiary/aromatic N) is 4. The topological polar surface area (TPSA) is 55.6 Å². The standard InChI is InChI=1S/C16H19N5/c1-3-17-15(8-12-9-19-21(2)11-12)16-10-18-13-6-4-5-7-14(13)20-16/h4-7,9-11,15,17H,3,8H2,1-2H3. The Kier molecular flexibility index (Phi) is 3.92. The minimum Gasteiger partial charge on any atom is -0.309 e. The van der Waals surface area contributed by atoms with Crippen molar-refractivity contribution < 1.29 is 0 Å². The molecule has 0 aliphatic heterocycles. The molecule has 0 radical (unpaired) electrons. The van der Waals surface area contributed by atoms with Gasteiger partial charge in [0.25, 0.3) is 0 Å². The van der Waals surface area contributed by atoms with E-state index in [-0.39, 0.29) is 6.04 Å². The SMILES string of the molecule is CCNC(Cc1cnn(C)c1)c1cnc2ccccc2n1. The normalized spacial score (nSPS) is 12.7. The summed E-state index contributed by atoms with van der Waals surface area (Å²) in [4.78, 5) is 9.25. The molecule has 0 aliphatic rings. The third-order valence-electron chi connectivity index (χ3n) is 3.47. The fourth-order valence-electron chi connectivity index (χ4n) is 2.48. The third kappa shape index (κ3) is 3.08. The van der Waals surface area contributed by atoms with E-state index in [9.17, 15) is 0 Å². The maximum Gasteiger partial charge on any atom is 0.0890 e. The number of fused-ring (bicyclic) bond motifs is 1. The van der Waals surface area contributed by atoms with Crippen LogP contribution in [0, 0.1) is 0 Å². The highest BCUT2D eigenvalue weighted by Gasteiger charge is 2.14. The van der Waals surface area contributed by atoms with E-state index in [0.717, 1.165) is 29.7 Å². The van der Waals surface area contributed by atoms with Crippen LogP contribution in [-0.2, 0) is 13.5 Å². The monoisotopic (exact) mass is 281 g/mol. The molecule has 1 atom stereocenters. The Labute approximate surface area is 124 Å². The molecule has 0 saturated carbocycles. The Bertz CT molecular complexity index is 734. The molecule has 0 aliphatic carbocycles. The first kappa shape index (κ1) is 13.7. The van der Waals surface area contributed by atoms with Crippen LogP contribution in [0.2, 0.25) is 0 Å². The number of hydrogen-bond acceptors (Lipinski definition) is 4. The van der Waals surface area contributed by atoms with Crippen molar-refractivity contribution in [3.63, 3.8) is 0 Å². The van der Waals surface area contributed by atoms with Gasteiger partial charge in [-0.05, 0) is 30.7 Å². The van der Waals surface area contributed by atoms with E-state index in [1.807, 2.05) is 54.6 Å². The van der Waals surface area contributed by atoms with Gasteiger partial charge >= 0.3 is 0 Å². The second-order valence-corrected chi connectivity index (χ2v) is 5.12. The summed E-state index contributed by atoms with van der Waals surface area (Å²) in [6.07, 6.45) is 6.67. The first-order valence-electron chi connectivity index (χ1n) is 7.19. The van der Waals surface area contributed by atoms with Crippen molar-refractivity contribution in [2.24, 2.45) is 7.05 Å². The van der Waals surface area contributed by atoms with Gasteiger partial charge in [-0.15, -0.1) is 0 Å². The van der Waals surface area contributed by atoms with Gasteiger partial charge in [0.05, 0.1) is 35.2 Å². The van der Waals surface area contributed by atoms with Crippen molar-refractivity contribution >= 4 is 11.0 Å². The van der Waals surface area contributed by atoms with E-state index >= 15 is 0 Å². The number of aryl methyl sites for hydroxylation is 1. The Morgan fingerprint density at radius 2 is 2.00 bits per heavy atom. The second kappa shape index (κ2) is 6.01. The lowest BCUT2D eigenvalue weighted by atomic mass is 10.1. The van der Waals surface area contributed by atoms with E-state index in [1.54, 1.807) is 0 Å². The van der Waals surface area contributed by atoms with Crippen molar-refractivity contribution in [2.45, 2.75) is 19.4 Å². The molecule has 5 heteroatoms. The zero-order valence-corrected chi connectivity index (χ0v) is 12.3. The van der Waals surface area contributed by atoms with Crippen LogP contribution < -0.4 is 5.32 Å². The molecule has 3 rings (SSSR count). The molecule has 1 N–H and O–H groups in total. The minimum absolute atomic E-state index is 0.149. The van der Waals surface area contributed by atoms with Crippen molar-refractivity contribution in [1.82, 2.24) is 25.1 Å². The summed E-state index contributed by atoms with van der Waals surface area (Å²) in [6, 6.07) is 8.10. The molecule has 0 saturated heterocycles. The molecule has 1 unspecified atom stereocenters. The van der Waals surface area contributed by atoms with Gasteiger partial charge in [0.1, 0.15) is 0 Å². The van der Waals surface area contributed by atoms with Gasteiger partial charge < -0.3 is 5.32 Å². The summed E-state index contributed by atoms with van der Waals surface area (Å²) in [6.45, 7) is 2.99. The summed E-state index contributed by atoms with van der Waals surface area (Å²) in [7, 11) is 1.93. The average Bonchev–Trinajstić information content (AvgIpc) is 2.91. The van der Waals surface area contributed by atoms with E-state index in [4.69, 9.17) is 4.98 Å². The molecule has 21 heavy (non-hydrogen) atoms. The molecule has 108 valence electrons. The van der Waals surface area contributed by atoms with E-state index in [0.29, 0.717) is 0 Å². The van der Waals surface area contributed by atoms with Crippen LogP contribution in [0.15, 0.2) is 42.9 Å². The number of aromatic nitrogens is 4. The lowest BCUT2D eigenvalue weighted by molar-refractivity contribution is 0.536. The molecule has 0 spiro atoms. The fraction of sp³-hybridized carbons (Fsp3) is 0.312. The molecule has 1 aromatic carbocycles. The van der Waals surface area contributed by atoms with Crippen LogP contribution in [0.4, 0.5) is 0 Å². The van der Waals surface area contributed by atoms with Crippen LogP contribution in [0.3, 0.4) is 0 Å². The number of rotatable bonds is 5. The smallest absolute Gasteiger partial charge is 0.0890 e. The Morgan fingerprint density at radius 1 is 1.19 bits per heavy atom. The van der Waals surface area contributed by atoms with Crippen LogP contribution in [-0.4, -0.2) is 26.3 Å². The van der Waals surface area contributed by atoms with E-state index < -0.39 is 0 Å². The zero-order valence-electron chi connectivity index (χ0n) is 12.3. The minimum atomic E-state index is 0.149. The highest BCUT2D eigenvalue weighted by Crippen LogP contribution is 2.18. The Balaban J connectivity index is 1.90. The Hall–Kier alpha value is -2.27. The molecular weight excluding hydrogens is 262 g/mol. The summed E-state index contributed by atoms with van der Waals surface area (Å²) in [5.41, 5.74) is 4.03. The van der Waals surface area contributed by atoms with Gasteiger partial charge in [0, 0.05) is 13.2 Å². The van der Waals surface area contributed by atoms with E-state index in [1.165, 1.54) is 5.56 Å². The molecule has 2 aromatic heterocycles. The quantitative estimate of drug-likeness (QED) is 0.779. The van der Waals surface area contributed by atoms with Crippen LogP contribution in [0.5, 0.6) is 0 Å². The number of nitrogens with one attached hydrogen (secondary N) is 1. The molecule has 5 nitrogen and oxygen atoms in total. The summed E-state index contributed by atoms with van der Waals surface area (Å²) < 4.78 is 1.82. The van der Waals surface area contributed by atoms with Crippen molar-refractivity contribution in [3.8, 4) is 0 Å². The first-order chi connectivity index (χ1) is 10.3. The molecule has 0 bridgehead atoms. The predicted molar refractivity (Wildman–Crippen MR) is 82.9 cm³/mol. The number of likely N-dealkylation sites (N-methyl/N-ethyl adjacent to an activating group) is 1. The molecule has 0 fully saturated rings. The summed E-state index contributed by atoms with van der Waals surface area (Å²) in [5.74, 6) is 0. The van der Waals surface area contributed by atoms with Gasteiger partial charge in [-0.2, -0.15) is 5.10 Å². The second-order valence-electron chi connectivity index (χ2n) is 5.12. The van der Waals surface area contributed by atoms with E-state index in [2.05, 4.69) is 22.3 Å². The molecule has 3 aromatic rings. The number of benzene rings is 1. The lowest BCUT2D eigenvalue weighted by Gasteiger charge is -2.16. The highest BCUT2D eigenvalue weighted by atomic mass is 15.2. The Morgan fingerprint density at radius 3 is 2.71 bits per heavy atom. The maximum atomic E-state index is 4.74. The van der Waals surface area contributed by atoms with Gasteiger partial charge in [-0.25, -0.2) is 4.98 Å². The van der Waals surface area contributed by atoms with Crippen LogP contribution in [0.1, 0.15) is 24.2 Å². The lowest BCUT2D eigenvalue weighted by Crippen LogP contribution is -2.24. The van der Waals surface area contributed by atoms with Gasteiger partial charge in [0.2, 0.25) is 0 Å². The molecular formula is C16H19N5. The first-order valence-corrected chi connectivity index (χ1v) is 7.19. The van der Waals surface area contributed by atoms with Gasteiger partial charge in [-0.1, -0.05) is 19.1 Å². The van der Waals surface area contributed by atoms with Gasteiger partial charge in [0.15, 0.2) is 0 Å². The van der Waals surface area contributed by atoms with Crippen molar-refractivity contribution in [3.05, 3.63) is 54.1 Å².